The lowest BCUT2D eigenvalue weighted by Crippen LogP contribution is -2.37. The molecule has 1 aliphatic heterocycles. The van der Waals surface area contributed by atoms with E-state index in [0.29, 0.717) is 18.7 Å². The van der Waals surface area contributed by atoms with Gasteiger partial charge in [-0.25, -0.2) is 8.42 Å². The van der Waals surface area contributed by atoms with Gasteiger partial charge in [0.1, 0.15) is 10.6 Å². The smallest absolute Gasteiger partial charge is 0.251 e. The monoisotopic (exact) mass is 408 g/mol. The second-order valence-electron chi connectivity index (χ2n) is 7.85. The van der Waals surface area contributed by atoms with Gasteiger partial charge in [-0.15, -0.1) is 0 Å². The predicted octanol–water partition coefficient (Wildman–Crippen LogP) is 3.71. The minimum atomic E-state index is -3.68. The molecule has 0 aromatic heterocycles. The van der Waals surface area contributed by atoms with Crippen molar-refractivity contribution >= 4 is 15.9 Å². The second-order valence-corrected chi connectivity index (χ2v) is 9.75. The highest BCUT2D eigenvalue weighted by molar-refractivity contribution is 7.89. The molecule has 6 nitrogen and oxygen atoms in total. The number of amides is 1. The van der Waals surface area contributed by atoms with Crippen LogP contribution in [0.3, 0.4) is 0 Å². The van der Waals surface area contributed by atoms with Crippen LogP contribution in [-0.2, 0) is 10.0 Å². The zero-order valence-electron chi connectivity index (χ0n) is 16.8. The first-order chi connectivity index (χ1) is 13.5. The number of hydrogen-bond acceptors (Lipinski definition) is 4. The highest BCUT2D eigenvalue weighted by Gasteiger charge is 2.30. The van der Waals surface area contributed by atoms with Gasteiger partial charge < -0.3 is 10.1 Å². The number of ether oxygens (including phenoxy) is 1. The average Bonchev–Trinajstić information content (AvgIpc) is 2.70. The molecule has 0 atom stereocenters. The van der Waals surface area contributed by atoms with Crippen molar-refractivity contribution in [2.24, 2.45) is 0 Å². The van der Waals surface area contributed by atoms with Crippen molar-refractivity contribution in [1.29, 1.82) is 0 Å². The fraction of sp³-hybridized carbons (Fsp3) is 0.667. The van der Waals surface area contributed by atoms with Gasteiger partial charge in [-0.05, 0) is 43.9 Å². The third-order valence-electron chi connectivity index (χ3n) is 5.80. The number of methoxy groups -OCH3 is 1. The van der Waals surface area contributed by atoms with Crippen LogP contribution in [0.15, 0.2) is 23.1 Å². The summed E-state index contributed by atoms with van der Waals surface area (Å²) in [6, 6.07) is 4.87. The van der Waals surface area contributed by atoms with E-state index in [2.05, 4.69) is 5.32 Å². The van der Waals surface area contributed by atoms with Gasteiger partial charge in [0.2, 0.25) is 10.0 Å². The summed E-state index contributed by atoms with van der Waals surface area (Å²) in [5.41, 5.74) is 0.374. The maximum Gasteiger partial charge on any atom is 0.251 e. The van der Waals surface area contributed by atoms with E-state index in [-0.39, 0.29) is 22.6 Å². The zero-order chi connectivity index (χ0) is 20.0. The Kier molecular flexibility index (Phi) is 7.35. The number of nitrogens with zero attached hydrogens (tertiary/aromatic N) is 1. The van der Waals surface area contributed by atoms with Gasteiger partial charge in [0.25, 0.3) is 5.91 Å². The first-order valence-electron chi connectivity index (χ1n) is 10.5. The lowest BCUT2D eigenvalue weighted by atomic mass is 9.96. The number of carbonyl (C=O) groups is 1. The van der Waals surface area contributed by atoms with Crippen LogP contribution in [-0.4, -0.2) is 44.9 Å². The molecule has 0 unspecified atom stereocenters. The SMILES string of the molecule is COc1ccc(C(=O)NC2CCCCCCC2)cc1S(=O)(=O)N1CCCCC1. The summed E-state index contributed by atoms with van der Waals surface area (Å²) in [6.45, 7) is 1.04. The normalized spacial score (nSPS) is 20.2. The predicted molar refractivity (Wildman–Crippen MR) is 109 cm³/mol. The molecule has 7 heteroatoms. The molecule has 1 N–H and O–H groups in total. The Labute approximate surface area is 168 Å². The Morgan fingerprint density at radius 2 is 1.61 bits per heavy atom. The number of carbonyl (C=O) groups excluding carboxylic acids is 1. The Bertz CT molecular complexity index is 765. The van der Waals surface area contributed by atoms with Crippen molar-refractivity contribution in [3.8, 4) is 5.75 Å². The van der Waals surface area contributed by atoms with Crippen molar-refractivity contribution in [3.63, 3.8) is 0 Å². The summed E-state index contributed by atoms with van der Waals surface area (Å²) in [4.78, 5) is 12.9. The Morgan fingerprint density at radius 3 is 2.25 bits per heavy atom. The fourth-order valence-electron chi connectivity index (χ4n) is 4.13. The summed E-state index contributed by atoms with van der Waals surface area (Å²) in [5.74, 6) is 0.0800. The van der Waals surface area contributed by atoms with E-state index in [1.54, 1.807) is 12.1 Å². The minimum Gasteiger partial charge on any atom is -0.495 e. The lowest BCUT2D eigenvalue weighted by molar-refractivity contribution is 0.0930. The molecule has 1 amide bonds. The number of sulfonamides is 1. The summed E-state index contributed by atoms with van der Waals surface area (Å²) < 4.78 is 33.1. The van der Waals surface area contributed by atoms with Crippen molar-refractivity contribution in [1.82, 2.24) is 9.62 Å². The molecular formula is C21H32N2O4S. The Hall–Kier alpha value is -1.60. The molecule has 156 valence electrons. The number of piperidine rings is 1. The molecule has 0 bridgehead atoms. The van der Waals surface area contributed by atoms with Crippen LogP contribution in [0, 0.1) is 0 Å². The van der Waals surface area contributed by atoms with Gasteiger partial charge in [-0.1, -0.05) is 38.5 Å². The van der Waals surface area contributed by atoms with Gasteiger partial charge in [-0.2, -0.15) is 4.31 Å². The molecule has 1 aliphatic carbocycles. The fourth-order valence-corrected chi connectivity index (χ4v) is 5.83. The summed E-state index contributed by atoms with van der Waals surface area (Å²) in [6.07, 6.45) is 10.7. The molecule has 2 fully saturated rings. The third-order valence-corrected chi connectivity index (χ3v) is 7.72. The van der Waals surface area contributed by atoms with Crippen LogP contribution in [0.5, 0.6) is 5.75 Å². The van der Waals surface area contributed by atoms with E-state index >= 15 is 0 Å². The molecular weight excluding hydrogens is 376 g/mol. The summed E-state index contributed by atoms with van der Waals surface area (Å²) in [5, 5.41) is 3.11. The molecule has 3 rings (SSSR count). The molecule has 1 aromatic rings. The average molecular weight is 409 g/mol. The minimum absolute atomic E-state index is 0.0854. The summed E-state index contributed by atoms with van der Waals surface area (Å²) in [7, 11) is -2.22. The Morgan fingerprint density at radius 1 is 1.00 bits per heavy atom. The quantitative estimate of drug-likeness (QED) is 0.806. The standard InChI is InChI=1S/C21H32N2O4S/c1-27-19-13-12-17(21(24)22-18-10-6-3-2-4-7-11-18)16-20(19)28(25,26)23-14-8-5-9-15-23/h12-13,16,18H,2-11,14-15H2,1H3,(H,22,24). The topological polar surface area (TPSA) is 75.7 Å². The molecule has 0 spiro atoms. The van der Waals surface area contributed by atoms with Gasteiger partial charge in [0.05, 0.1) is 7.11 Å². The highest BCUT2D eigenvalue weighted by Crippen LogP contribution is 2.29. The largest absolute Gasteiger partial charge is 0.495 e. The van der Waals surface area contributed by atoms with Crippen LogP contribution in [0.4, 0.5) is 0 Å². The maximum absolute atomic E-state index is 13.1. The van der Waals surface area contributed by atoms with Crippen LogP contribution < -0.4 is 10.1 Å². The van der Waals surface area contributed by atoms with E-state index in [1.807, 2.05) is 0 Å². The number of nitrogens with one attached hydrogen (secondary N) is 1. The van der Waals surface area contributed by atoms with Gasteiger partial charge in [0.15, 0.2) is 0 Å². The van der Waals surface area contributed by atoms with Crippen LogP contribution >= 0.6 is 0 Å². The molecule has 1 saturated carbocycles. The molecule has 1 heterocycles. The van der Waals surface area contributed by atoms with E-state index in [1.165, 1.54) is 36.7 Å². The van der Waals surface area contributed by atoms with Gasteiger partial charge >= 0.3 is 0 Å². The van der Waals surface area contributed by atoms with Gasteiger partial charge in [0, 0.05) is 24.7 Å². The number of benzene rings is 1. The molecule has 28 heavy (non-hydrogen) atoms. The second kappa shape index (κ2) is 9.74. The molecule has 1 aromatic carbocycles. The van der Waals surface area contributed by atoms with Crippen molar-refractivity contribution < 1.29 is 17.9 Å². The first-order valence-corrected chi connectivity index (χ1v) is 12.0. The third kappa shape index (κ3) is 5.06. The van der Waals surface area contributed by atoms with Crippen molar-refractivity contribution in [2.75, 3.05) is 20.2 Å². The summed E-state index contributed by atoms with van der Waals surface area (Å²) >= 11 is 0. The van der Waals surface area contributed by atoms with Crippen molar-refractivity contribution in [2.45, 2.75) is 75.1 Å². The van der Waals surface area contributed by atoms with Crippen molar-refractivity contribution in [3.05, 3.63) is 23.8 Å². The van der Waals surface area contributed by atoms with Crippen LogP contribution in [0.1, 0.15) is 74.6 Å². The van der Waals surface area contributed by atoms with Crippen LogP contribution in [0.2, 0.25) is 0 Å². The van der Waals surface area contributed by atoms with E-state index in [0.717, 1.165) is 44.9 Å². The lowest BCUT2D eigenvalue weighted by Gasteiger charge is -2.27. The number of hydrogen-bond donors (Lipinski definition) is 1. The molecule has 0 radical (unpaired) electrons. The van der Waals surface area contributed by atoms with Crippen LogP contribution in [0.25, 0.3) is 0 Å². The Balaban J connectivity index is 1.80. The van der Waals surface area contributed by atoms with E-state index < -0.39 is 10.0 Å². The number of rotatable bonds is 5. The van der Waals surface area contributed by atoms with Gasteiger partial charge in [-0.3, -0.25) is 4.79 Å². The molecule has 1 saturated heterocycles. The van der Waals surface area contributed by atoms with E-state index in [9.17, 15) is 13.2 Å². The maximum atomic E-state index is 13.1. The molecule has 2 aliphatic rings. The highest BCUT2D eigenvalue weighted by atomic mass is 32.2. The van der Waals surface area contributed by atoms with E-state index in [4.69, 9.17) is 4.74 Å². The zero-order valence-corrected chi connectivity index (χ0v) is 17.6. The first kappa shape index (κ1) is 21.1.